The smallest absolute Gasteiger partial charge is 0.326 e. The van der Waals surface area contributed by atoms with Crippen LogP contribution in [0.15, 0.2) is 10.9 Å². The van der Waals surface area contributed by atoms with Crippen molar-refractivity contribution in [3.63, 3.8) is 0 Å². The summed E-state index contributed by atoms with van der Waals surface area (Å²) in [7, 11) is 0. The predicted octanol–water partition coefficient (Wildman–Crippen LogP) is -0.339. The molecule has 0 bridgehead atoms. The predicted molar refractivity (Wildman–Crippen MR) is 67.3 cm³/mol. The lowest BCUT2D eigenvalue weighted by molar-refractivity contribution is -0.139. The molecular formula is C10H14N4O4S. The molecule has 1 atom stereocenters. The van der Waals surface area contributed by atoms with Gasteiger partial charge in [0.1, 0.15) is 6.04 Å². The topological polar surface area (TPSA) is 134 Å². The number of amides is 3. The van der Waals surface area contributed by atoms with Crippen LogP contribution in [0.3, 0.4) is 0 Å². The van der Waals surface area contributed by atoms with Crippen molar-refractivity contribution in [1.82, 2.24) is 15.6 Å². The number of aliphatic carboxylic acids is 1. The number of carbonyl (C=O) groups excluding carboxylic acids is 2. The summed E-state index contributed by atoms with van der Waals surface area (Å²) in [6.07, 6.45) is -0.155. The zero-order chi connectivity index (χ0) is 14.3. The van der Waals surface area contributed by atoms with E-state index in [1.54, 1.807) is 10.9 Å². The van der Waals surface area contributed by atoms with Gasteiger partial charge in [0, 0.05) is 11.8 Å². The van der Waals surface area contributed by atoms with Gasteiger partial charge in [0.05, 0.1) is 17.7 Å². The highest BCUT2D eigenvalue weighted by atomic mass is 32.1. The molecule has 0 fully saturated rings. The van der Waals surface area contributed by atoms with E-state index in [2.05, 4.69) is 15.6 Å². The van der Waals surface area contributed by atoms with E-state index < -0.39 is 23.9 Å². The fraction of sp³-hybridized carbons (Fsp3) is 0.400. The third-order valence-corrected chi connectivity index (χ3v) is 2.83. The zero-order valence-electron chi connectivity index (χ0n) is 9.96. The fourth-order valence-corrected chi connectivity index (χ4v) is 1.81. The van der Waals surface area contributed by atoms with Crippen molar-refractivity contribution in [1.29, 1.82) is 0 Å². The van der Waals surface area contributed by atoms with Gasteiger partial charge < -0.3 is 21.5 Å². The molecule has 1 aromatic rings. The van der Waals surface area contributed by atoms with Crippen molar-refractivity contribution in [2.75, 3.05) is 0 Å². The highest BCUT2D eigenvalue weighted by molar-refractivity contribution is 7.07. The van der Waals surface area contributed by atoms with E-state index in [4.69, 9.17) is 10.8 Å². The van der Waals surface area contributed by atoms with Gasteiger partial charge in [-0.25, -0.2) is 14.6 Å². The molecule has 0 aliphatic heterocycles. The van der Waals surface area contributed by atoms with Gasteiger partial charge in [-0.1, -0.05) is 0 Å². The number of nitrogens with zero attached hydrogens (tertiary/aromatic N) is 1. The van der Waals surface area contributed by atoms with Crippen LogP contribution in [0.2, 0.25) is 0 Å². The Bertz CT molecular complexity index is 448. The Kier molecular flexibility index (Phi) is 5.73. The quantitative estimate of drug-likeness (QED) is 0.544. The lowest BCUT2D eigenvalue weighted by Gasteiger charge is -2.14. The van der Waals surface area contributed by atoms with Crippen LogP contribution < -0.4 is 16.4 Å². The molecule has 8 nitrogen and oxygen atoms in total. The van der Waals surface area contributed by atoms with Crippen molar-refractivity contribution >= 4 is 29.2 Å². The minimum absolute atomic E-state index is 0.0468. The number of hydrogen-bond acceptors (Lipinski definition) is 5. The number of primary amides is 1. The highest BCUT2D eigenvalue weighted by Crippen LogP contribution is 2.00. The van der Waals surface area contributed by atoms with Gasteiger partial charge in [0.15, 0.2) is 0 Å². The third-order valence-electron chi connectivity index (χ3n) is 2.20. The maximum absolute atomic E-state index is 11.5. The molecule has 104 valence electrons. The maximum Gasteiger partial charge on any atom is 0.326 e. The molecule has 19 heavy (non-hydrogen) atoms. The summed E-state index contributed by atoms with van der Waals surface area (Å²) in [6, 6.07) is -1.78. The zero-order valence-corrected chi connectivity index (χ0v) is 10.8. The van der Waals surface area contributed by atoms with Gasteiger partial charge in [-0.05, 0) is 6.42 Å². The van der Waals surface area contributed by atoms with E-state index in [1.165, 1.54) is 11.3 Å². The SMILES string of the molecule is NC(=O)CC[C@@H](NC(=O)NCc1cscn1)C(=O)O. The standard InChI is InChI=1S/C10H14N4O4S/c11-8(15)2-1-7(9(16)17)14-10(18)12-3-6-4-19-5-13-6/h4-5,7H,1-3H2,(H2,11,15)(H,16,17)(H2,12,14,18)/t7-/m1/s1. The van der Waals surface area contributed by atoms with Crippen molar-refractivity contribution in [3.8, 4) is 0 Å². The van der Waals surface area contributed by atoms with Crippen LogP contribution in [-0.2, 0) is 16.1 Å². The molecule has 1 aromatic heterocycles. The van der Waals surface area contributed by atoms with E-state index in [9.17, 15) is 14.4 Å². The Morgan fingerprint density at radius 2 is 2.21 bits per heavy atom. The molecule has 1 rings (SSSR count). The Morgan fingerprint density at radius 1 is 1.47 bits per heavy atom. The Labute approximate surface area is 113 Å². The average Bonchev–Trinajstić information content (AvgIpc) is 2.84. The first kappa shape index (κ1) is 14.9. The molecular weight excluding hydrogens is 272 g/mol. The van der Waals surface area contributed by atoms with Crippen LogP contribution >= 0.6 is 11.3 Å². The number of thiazole rings is 1. The van der Waals surface area contributed by atoms with Crippen molar-refractivity contribution < 1.29 is 19.5 Å². The van der Waals surface area contributed by atoms with Crippen LogP contribution in [0.1, 0.15) is 18.5 Å². The minimum Gasteiger partial charge on any atom is -0.480 e. The van der Waals surface area contributed by atoms with Gasteiger partial charge in [0.25, 0.3) is 0 Å². The van der Waals surface area contributed by atoms with Crippen LogP contribution in [-0.4, -0.2) is 34.0 Å². The summed E-state index contributed by atoms with van der Waals surface area (Å²) in [5, 5.41) is 15.4. The van der Waals surface area contributed by atoms with Crippen LogP contribution in [0.4, 0.5) is 4.79 Å². The average molecular weight is 286 g/mol. The first-order valence-corrected chi connectivity index (χ1v) is 6.36. The van der Waals surface area contributed by atoms with Gasteiger partial charge in [-0.15, -0.1) is 11.3 Å². The number of hydrogen-bond donors (Lipinski definition) is 4. The normalized spacial score (nSPS) is 11.6. The lowest BCUT2D eigenvalue weighted by Crippen LogP contribution is -2.46. The Hall–Kier alpha value is -2.16. The molecule has 0 unspecified atom stereocenters. The number of nitrogens with two attached hydrogens (primary N) is 1. The Morgan fingerprint density at radius 3 is 2.74 bits per heavy atom. The van der Waals surface area contributed by atoms with E-state index >= 15 is 0 Å². The van der Waals surface area contributed by atoms with Crippen LogP contribution in [0.25, 0.3) is 0 Å². The van der Waals surface area contributed by atoms with Gasteiger partial charge in [-0.3, -0.25) is 4.79 Å². The van der Waals surface area contributed by atoms with Gasteiger partial charge in [0.2, 0.25) is 5.91 Å². The third kappa shape index (κ3) is 5.82. The molecule has 0 radical (unpaired) electrons. The molecule has 0 saturated heterocycles. The first-order chi connectivity index (χ1) is 8.99. The van der Waals surface area contributed by atoms with Gasteiger partial charge in [-0.2, -0.15) is 0 Å². The molecule has 1 heterocycles. The van der Waals surface area contributed by atoms with E-state index in [-0.39, 0.29) is 19.4 Å². The number of nitrogens with one attached hydrogen (secondary N) is 2. The summed E-state index contributed by atoms with van der Waals surface area (Å²) in [5.74, 6) is -1.83. The summed E-state index contributed by atoms with van der Waals surface area (Å²) in [6.45, 7) is 0.206. The molecule has 0 spiro atoms. The van der Waals surface area contributed by atoms with E-state index in [0.717, 1.165) is 0 Å². The second-order valence-corrected chi connectivity index (χ2v) is 4.42. The number of carboxylic acids is 1. The number of urea groups is 1. The lowest BCUT2D eigenvalue weighted by atomic mass is 10.1. The second kappa shape index (κ2) is 7.31. The van der Waals surface area contributed by atoms with Crippen LogP contribution in [0.5, 0.6) is 0 Å². The number of carbonyl (C=O) groups is 3. The Balaban J connectivity index is 2.38. The highest BCUT2D eigenvalue weighted by Gasteiger charge is 2.20. The summed E-state index contributed by atoms with van der Waals surface area (Å²) in [5.41, 5.74) is 7.24. The van der Waals surface area contributed by atoms with Gasteiger partial charge >= 0.3 is 12.0 Å². The molecule has 5 N–H and O–H groups in total. The number of aromatic nitrogens is 1. The molecule has 0 saturated carbocycles. The van der Waals surface area contributed by atoms with E-state index in [1.807, 2.05) is 0 Å². The number of carboxylic acid groups (broad SMARTS) is 1. The summed E-state index contributed by atoms with van der Waals surface area (Å²) >= 11 is 1.39. The number of rotatable bonds is 7. The van der Waals surface area contributed by atoms with Crippen molar-refractivity contribution in [2.24, 2.45) is 5.73 Å². The maximum atomic E-state index is 11.5. The van der Waals surface area contributed by atoms with E-state index in [0.29, 0.717) is 5.69 Å². The first-order valence-electron chi connectivity index (χ1n) is 5.41. The molecule has 0 aliphatic carbocycles. The van der Waals surface area contributed by atoms with Crippen LogP contribution in [0, 0.1) is 0 Å². The monoisotopic (exact) mass is 286 g/mol. The molecule has 0 aliphatic rings. The van der Waals surface area contributed by atoms with Crippen molar-refractivity contribution in [3.05, 3.63) is 16.6 Å². The second-order valence-electron chi connectivity index (χ2n) is 3.70. The summed E-state index contributed by atoms with van der Waals surface area (Å²) < 4.78 is 0. The van der Waals surface area contributed by atoms with Crippen molar-refractivity contribution in [2.45, 2.75) is 25.4 Å². The largest absolute Gasteiger partial charge is 0.480 e. The summed E-state index contributed by atoms with van der Waals surface area (Å²) in [4.78, 5) is 36.9. The molecule has 3 amide bonds. The molecule has 0 aromatic carbocycles. The molecule has 9 heteroatoms. The minimum atomic E-state index is -1.22. The fourth-order valence-electron chi connectivity index (χ4n) is 1.25.